The fraction of sp³-hybridized carbons (Fsp3) is 0.385. The van der Waals surface area contributed by atoms with E-state index in [9.17, 15) is 13.2 Å². The third-order valence-electron chi connectivity index (χ3n) is 7.32. The molecule has 1 saturated heterocycles. The summed E-state index contributed by atoms with van der Waals surface area (Å²) in [5.41, 5.74) is 1.03. The second kappa shape index (κ2) is 10.1. The first-order chi connectivity index (χ1) is 17.7. The number of nitriles is 1. The monoisotopic (exact) mass is 555 g/mol. The number of piperazine rings is 1. The first-order valence-corrected chi connectivity index (χ1v) is 14.7. The van der Waals surface area contributed by atoms with Gasteiger partial charge in [-0.3, -0.25) is 4.79 Å². The first-order valence-electron chi connectivity index (χ1n) is 12.1. The predicted octanol–water partition coefficient (Wildman–Crippen LogP) is 4.39. The average Bonchev–Trinajstić information content (AvgIpc) is 3.40. The van der Waals surface area contributed by atoms with E-state index < -0.39 is 15.4 Å². The number of sulfonamides is 1. The van der Waals surface area contributed by atoms with Gasteiger partial charge in [-0.1, -0.05) is 41.9 Å². The van der Waals surface area contributed by atoms with Crippen LogP contribution in [0.15, 0.2) is 53.4 Å². The van der Waals surface area contributed by atoms with E-state index in [-0.39, 0.29) is 28.3 Å². The molecule has 0 spiro atoms. The molecule has 0 N–H and O–H groups in total. The van der Waals surface area contributed by atoms with Crippen molar-refractivity contribution in [3.05, 3.63) is 70.5 Å². The summed E-state index contributed by atoms with van der Waals surface area (Å²) in [4.78, 5) is 19.1. The van der Waals surface area contributed by atoms with E-state index in [1.807, 2.05) is 31.2 Å². The second-order valence-corrected chi connectivity index (χ2v) is 12.6. The van der Waals surface area contributed by atoms with Crippen molar-refractivity contribution in [2.24, 2.45) is 0 Å². The van der Waals surface area contributed by atoms with Crippen LogP contribution in [-0.2, 0) is 20.2 Å². The molecular weight excluding hydrogens is 530 g/mol. The number of halogens is 1. The highest BCUT2D eigenvalue weighted by Crippen LogP contribution is 2.44. The lowest BCUT2D eigenvalue weighted by Gasteiger charge is -2.39. The number of ketones is 1. The van der Waals surface area contributed by atoms with Gasteiger partial charge in [0, 0.05) is 50.1 Å². The Hall–Kier alpha value is -2.84. The fourth-order valence-corrected chi connectivity index (χ4v) is 8.20. The number of hydrogen-bond donors (Lipinski definition) is 0. The number of Topliss-reactive ketones (excluding diaryl/α,β-unsaturated/α-hetero) is 1. The molecular formula is C26H26ClN5O3S2. The molecule has 0 amide bonds. The zero-order valence-corrected chi connectivity index (χ0v) is 22.7. The number of aromatic nitrogens is 2. The molecule has 37 heavy (non-hydrogen) atoms. The van der Waals surface area contributed by atoms with Crippen LogP contribution in [0.5, 0.6) is 0 Å². The fourth-order valence-electron chi connectivity index (χ4n) is 5.27. The molecule has 2 heterocycles. The van der Waals surface area contributed by atoms with Gasteiger partial charge < -0.3 is 4.90 Å². The highest BCUT2D eigenvalue weighted by Gasteiger charge is 2.42. The number of nitrogens with zero attached hydrogens (tertiary/aromatic N) is 5. The van der Waals surface area contributed by atoms with Gasteiger partial charge in [-0.2, -0.15) is 13.9 Å². The van der Waals surface area contributed by atoms with Crippen LogP contribution in [0.3, 0.4) is 0 Å². The van der Waals surface area contributed by atoms with Crippen LogP contribution in [0.25, 0.3) is 0 Å². The normalized spacial score (nSPS) is 20.5. The van der Waals surface area contributed by atoms with Gasteiger partial charge in [0.1, 0.15) is 10.7 Å². The average molecular weight is 556 g/mol. The summed E-state index contributed by atoms with van der Waals surface area (Å²) in [5, 5.41) is 9.86. The lowest BCUT2D eigenvalue weighted by Crippen LogP contribution is -2.54. The molecule has 0 radical (unpaired) electrons. The van der Waals surface area contributed by atoms with Crippen LogP contribution in [0.4, 0.5) is 5.13 Å². The lowest BCUT2D eigenvalue weighted by molar-refractivity contribution is -0.121. The maximum absolute atomic E-state index is 13.4. The summed E-state index contributed by atoms with van der Waals surface area (Å²) in [6.45, 7) is 3.05. The third-order valence-corrected chi connectivity index (χ3v) is 10.6. The van der Waals surface area contributed by atoms with Crippen LogP contribution in [0, 0.1) is 11.3 Å². The summed E-state index contributed by atoms with van der Waals surface area (Å²) in [7, 11) is -3.83. The number of benzene rings is 2. The molecule has 5 rings (SSSR count). The molecule has 1 saturated carbocycles. The van der Waals surface area contributed by atoms with Gasteiger partial charge >= 0.3 is 0 Å². The van der Waals surface area contributed by atoms with Gasteiger partial charge in [0.2, 0.25) is 15.2 Å². The zero-order chi connectivity index (χ0) is 26.2. The molecule has 1 atom stereocenters. The molecule has 1 aromatic heterocycles. The van der Waals surface area contributed by atoms with Gasteiger partial charge in [0.15, 0.2) is 5.82 Å². The van der Waals surface area contributed by atoms with Crippen LogP contribution >= 0.6 is 23.1 Å². The first kappa shape index (κ1) is 25.8. The van der Waals surface area contributed by atoms with E-state index in [0.29, 0.717) is 44.3 Å². The molecule has 11 heteroatoms. The van der Waals surface area contributed by atoms with Crippen molar-refractivity contribution in [3.8, 4) is 6.07 Å². The van der Waals surface area contributed by atoms with Gasteiger partial charge in [0.25, 0.3) is 0 Å². The Morgan fingerprint density at radius 2 is 1.86 bits per heavy atom. The van der Waals surface area contributed by atoms with Crippen LogP contribution in [0.2, 0.25) is 5.02 Å². The minimum absolute atomic E-state index is 0.00307. The molecule has 8 nitrogen and oxygen atoms in total. The van der Waals surface area contributed by atoms with E-state index in [0.717, 1.165) is 16.5 Å². The van der Waals surface area contributed by atoms with E-state index in [2.05, 4.69) is 17.0 Å². The van der Waals surface area contributed by atoms with E-state index in [4.69, 9.17) is 26.2 Å². The molecule has 1 aliphatic heterocycles. The van der Waals surface area contributed by atoms with Crippen LogP contribution in [-0.4, -0.2) is 53.5 Å². The lowest BCUT2D eigenvalue weighted by atomic mass is 9.68. The Kier molecular flexibility index (Phi) is 7.07. The minimum Gasteiger partial charge on any atom is -0.344 e. The maximum Gasteiger partial charge on any atom is 0.244 e. The SMILES string of the molecule is CC1CN(c2nc(C3(c4ccccc4)CCC(=O)CC3)ns2)CCN1S(=O)(=O)c1ccc(C#N)cc1Cl. The Morgan fingerprint density at radius 3 is 2.51 bits per heavy atom. The molecule has 192 valence electrons. The van der Waals surface area contributed by atoms with Crippen molar-refractivity contribution in [1.29, 1.82) is 5.26 Å². The van der Waals surface area contributed by atoms with E-state index >= 15 is 0 Å². The molecule has 2 aromatic carbocycles. The Labute approximate surface area is 225 Å². The topological polar surface area (TPSA) is 107 Å². The van der Waals surface area contributed by atoms with Crippen molar-refractivity contribution in [3.63, 3.8) is 0 Å². The van der Waals surface area contributed by atoms with E-state index in [1.165, 1.54) is 34.0 Å². The van der Waals surface area contributed by atoms with Gasteiger partial charge in [0.05, 0.1) is 22.1 Å². The Bertz CT molecular complexity index is 1460. The largest absolute Gasteiger partial charge is 0.344 e. The van der Waals surface area contributed by atoms with Gasteiger partial charge in [-0.25, -0.2) is 13.4 Å². The molecule has 2 fully saturated rings. The van der Waals surface area contributed by atoms with Crippen molar-refractivity contribution in [2.45, 2.75) is 49.0 Å². The second-order valence-electron chi connectivity index (χ2n) is 9.56. The zero-order valence-electron chi connectivity index (χ0n) is 20.3. The van der Waals surface area contributed by atoms with E-state index in [1.54, 1.807) is 0 Å². The number of hydrogen-bond acceptors (Lipinski definition) is 8. The standard InChI is InChI=1S/C26H26ClN5O3S2/c1-18-17-31(13-14-32(18)37(34,35)23-8-7-19(16-28)15-22(23)27)25-29-24(30-36-25)26(11-9-21(33)10-12-26)20-5-3-2-4-6-20/h2-8,15,18H,9-14,17H2,1H3. The summed E-state index contributed by atoms with van der Waals surface area (Å²) in [6.07, 6.45) is 2.38. The van der Waals surface area contributed by atoms with Gasteiger partial charge in [-0.05, 0) is 43.5 Å². The number of anilines is 1. The molecule has 1 aliphatic carbocycles. The molecule has 3 aromatic rings. The summed E-state index contributed by atoms with van der Waals surface area (Å²) >= 11 is 7.55. The number of rotatable bonds is 5. The van der Waals surface area contributed by atoms with Crippen molar-refractivity contribution in [1.82, 2.24) is 13.7 Å². The van der Waals surface area contributed by atoms with Crippen molar-refractivity contribution < 1.29 is 13.2 Å². The van der Waals surface area contributed by atoms with Crippen LogP contribution in [0.1, 0.15) is 49.6 Å². The molecule has 2 aliphatic rings. The highest BCUT2D eigenvalue weighted by atomic mass is 35.5. The quantitative estimate of drug-likeness (QED) is 0.459. The minimum atomic E-state index is -3.83. The third kappa shape index (κ3) is 4.77. The summed E-state index contributed by atoms with van der Waals surface area (Å²) in [6, 6.07) is 16.0. The number of carbonyl (C=O) groups excluding carboxylic acids is 1. The van der Waals surface area contributed by atoms with Crippen molar-refractivity contribution in [2.75, 3.05) is 24.5 Å². The van der Waals surface area contributed by atoms with Crippen LogP contribution < -0.4 is 4.90 Å². The number of carbonyl (C=O) groups is 1. The smallest absolute Gasteiger partial charge is 0.244 e. The van der Waals surface area contributed by atoms with Gasteiger partial charge in [-0.15, -0.1) is 0 Å². The maximum atomic E-state index is 13.4. The predicted molar refractivity (Wildman–Crippen MR) is 142 cm³/mol. The Balaban J connectivity index is 1.37. The Morgan fingerprint density at radius 1 is 1.14 bits per heavy atom. The summed E-state index contributed by atoms with van der Waals surface area (Å²) in [5.74, 6) is 1.01. The molecule has 0 bridgehead atoms. The van der Waals surface area contributed by atoms with Crippen molar-refractivity contribution >= 4 is 44.1 Å². The highest BCUT2D eigenvalue weighted by molar-refractivity contribution is 7.89. The summed E-state index contributed by atoms with van der Waals surface area (Å²) < 4.78 is 33.0. The molecule has 1 unspecified atom stereocenters.